The number of halogens is 4. The summed E-state index contributed by atoms with van der Waals surface area (Å²) in [7, 11) is -5.68. The molecule has 8 heteroatoms. The van der Waals surface area contributed by atoms with Crippen LogP contribution in [-0.4, -0.2) is 13.9 Å². The van der Waals surface area contributed by atoms with E-state index in [-0.39, 0.29) is 5.02 Å². The van der Waals surface area contributed by atoms with E-state index in [0.717, 1.165) is 17.4 Å². The Morgan fingerprint density at radius 2 is 1.56 bits per heavy atom. The van der Waals surface area contributed by atoms with Crippen LogP contribution in [0.4, 0.5) is 13.2 Å². The second-order valence-electron chi connectivity index (χ2n) is 7.62. The van der Waals surface area contributed by atoms with Crippen molar-refractivity contribution < 1.29 is 25.8 Å². The lowest BCUT2D eigenvalue weighted by Gasteiger charge is -2.54. The predicted octanol–water partition coefficient (Wildman–Crippen LogP) is 5.11. The normalized spacial score (nSPS) is 34.3. The highest BCUT2D eigenvalue weighted by Crippen LogP contribution is 2.60. The van der Waals surface area contributed by atoms with Gasteiger partial charge in [-0.05, 0) is 73.3 Å². The Kier molecular flexibility index (Phi) is 4.03. The average Bonchev–Trinajstić information content (AvgIpc) is 2.46. The molecule has 0 N–H and O–H groups in total. The van der Waals surface area contributed by atoms with E-state index in [2.05, 4.69) is 4.18 Å². The van der Waals surface area contributed by atoms with E-state index in [1.165, 1.54) is 44.2 Å². The third-order valence-electron chi connectivity index (χ3n) is 6.05. The molecule has 4 aliphatic rings. The fourth-order valence-electron chi connectivity index (χ4n) is 5.44. The van der Waals surface area contributed by atoms with E-state index in [1.807, 2.05) is 0 Å². The average molecular weight is 395 g/mol. The van der Waals surface area contributed by atoms with Crippen LogP contribution in [-0.2, 0) is 10.1 Å². The number of hydrogen-bond acceptors (Lipinski definition) is 3. The minimum atomic E-state index is -5.68. The van der Waals surface area contributed by atoms with Crippen molar-refractivity contribution in [2.24, 2.45) is 23.7 Å². The zero-order valence-electron chi connectivity index (χ0n) is 13.3. The van der Waals surface area contributed by atoms with Crippen LogP contribution in [0.2, 0.25) is 5.02 Å². The molecule has 3 nitrogen and oxygen atoms in total. The molecule has 0 aromatic heterocycles. The third kappa shape index (κ3) is 3.03. The van der Waals surface area contributed by atoms with Gasteiger partial charge in [-0.1, -0.05) is 17.7 Å². The first-order valence-electron chi connectivity index (χ1n) is 8.44. The molecule has 0 spiro atoms. The van der Waals surface area contributed by atoms with Gasteiger partial charge in [-0.25, -0.2) is 0 Å². The van der Waals surface area contributed by atoms with Crippen LogP contribution in [0.25, 0.3) is 0 Å². The molecule has 0 saturated heterocycles. The Morgan fingerprint density at radius 3 is 2.04 bits per heavy atom. The molecule has 0 radical (unpaired) electrons. The number of benzene rings is 1. The van der Waals surface area contributed by atoms with Crippen molar-refractivity contribution in [2.75, 3.05) is 0 Å². The molecular formula is C17H18ClF3O3S. The Morgan fingerprint density at radius 1 is 1.00 bits per heavy atom. The van der Waals surface area contributed by atoms with Crippen LogP contribution in [0.1, 0.15) is 43.6 Å². The van der Waals surface area contributed by atoms with Crippen molar-refractivity contribution in [2.45, 2.75) is 43.5 Å². The third-order valence-corrected chi connectivity index (χ3v) is 7.35. The lowest BCUT2D eigenvalue weighted by molar-refractivity contribution is -0.0500. The van der Waals surface area contributed by atoms with Crippen LogP contribution in [0.5, 0.6) is 5.75 Å². The highest BCUT2D eigenvalue weighted by Gasteiger charge is 2.50. The summed E-state index contributed by atoms with van der Waals surface area (Å²) in [5, 5.41) is 0.285. The summed E-state index contributed by atoms with van der Waals surface area (Å²) in [6.07, 6.45) is 6.09. The molecule has 1 aromatic carbocycles. The molecule has 0 aliphatic heterocycles. The Labute approximate surface area is 149 Å². The van der Waals surface area contributed by atoms with Gasteiger partial charge in [0.15, 0.2) is 0 Å². The summed E-state index contributed by atoms with van der Waals surface area (Å²) in [6, 6.07) is 4.09. The molecular weight excluding hydrogens is 377 g/mol. The van der Waals surface area contributed by atoms with Crippen LogP contribution < -0.4 is 4.18 Å². The molecule has 4 fully saturated rings. The van der Waals surface area contributed by atoms with Crippen molar-refractivity contribution >= 4 is 21.7 Å². The SMILES string of the molecule is O=S(=O)(Oc1ccc(C2C3CC4CC(C3)CC2C4)c(Cl)c1)C(F)(F)F. The van der Waals surface area contributed by atoms with Gasteiger partial charge in [0, 0.05) is 11.1 Å². The Hall–Kier alpha value is -0.950. The summed E-state index contributed by atoms with van der Waals surface area (Å²) in [4.78, 5) is 0. The fourth-order valence-corrected chi connectivity index (χ4v) is 6.19. The van der Waals surface area contributed by atoms with Crippen molar-refractivity contribution in [1.29, 1.82) is 0 Å². The zero-order chi connectivity index (χ0) is 18.0. The van der Waals surface area contributed by atoms with Gasteiger partial charge >= 0.3 is 15.6 Å². The summed E-state index contributed by atoms with van der Waals surface area (Å²) in [5.74, 6) is 2.65. The molecule has 0 atom stereocenters. The first kappa shape index (κ1) is 17.5. The minimum Gasteiger partial charge on any atom is -0.376 e. The van der Waals surface area contributed by atoms with Gasteiger partial charge in [0.25, 0.3) is 0 Å². The van der Waals surface area contributed by atoms with Crippen molar-refractivity contribution in [3.63, 3.8) is 0 Å². The zero-order valence-corrected chi connectivity index (χ0v) is 14.9. The topological polar surface area (TPSA) is 43.4 Å². The molecule has 4 saturated carbocycles. The van der Waals surface area contributed by atoms with E-state index >= 15 is 0 Å². The van der Waals surface area contributed by atoms with Crippen molar-refractivity contribution in [1.82, 2.24) is 0 Å². The van der Waals surface area contributed by atoms with Crippen LogP contribution in [0, 0.1) is 23.7 Å². The maximum atomic E-state index is 12.4. The molecule has 25 heavy (non-hydrogen) atoms. The first-order valence-corrected chi connectivity index (χ1v) is 10.2. The number of hydrogen-bond donors (Lipinski definition) is 0. The second-order valence-corrected chi connectivity index (χ2v) is 9.57. The molecule has 0 amide bonds. The maximum absolute atomic E-state index is 12.4. The van der Waals surface area contributed by atoms with E-state index < -0.39 is 21.4 Å². The van der Waals surface area contributed by atoms with Crippen molar-refractivity contribution in [3.8, 4) is 5.75 Å². The molecule has 138 valence electrons. The van der Waals surface area contributed by atoms with E-state index in [1.54, 1.807) is 6.07 Å². The van der Waals surface area contributed by atoms with E-state index in [0.29, 0.717) is 17.8 Å². The minimum absolute atomic E-state index is 0.285. The quantitative estimate of drug-likeness (QED) is 0.528. The fraction of sp³-hybridized carbons (Fsp3) is 0.647. The molecule has 0 unspecified atom stereocenters. The predicted molar refractivity (Wildman–Crippen MR) is 86.8 cm³/mol. The first-order chi connectivity index (χ1) is 11.6. The van der Waals surface area contributed by atoms with Gasteiger partial charge in [-0.3, -0.25) is 0 Å². The van der Waals surface area contributed by atoms with Gasteiger partial charge in [0.2, 0.25) is 0 Å². The maximum Gasteiger partial charge on any atom is 0.534 e. The smallest absolute Gasteiger partial charge is 0.376 e. The summed E-state index contributed by atoms with van der Waals surface area (Å²) < 4.78 is 63.8. The Balaban J connectivity index is 1.59. The highest BCUT2D eigenvalue weighted by atomic mass is 35.5. The van der Waals surface area contributed by atoms with E-state index in [4.69, 9.17) is 11.6 Å². The number of alkyl halides is 3. The summed E-state index contributed by atoms with van der Waals surface area (Å²) in [5.41, 5.74) is -4.55. The highest BCUT2D eigenvalue weighted by molar-refractivity contribution is 7.88. The largest absolute Gasteiger partial charge is 0.534 e. The molecule has 4 bridgehead atoms. The molecule has 5 rings (SSSR count). The van der Waals surface area contributed by atoms with Gasteiger partial charge in [-0.2, -0.15) is 21.6 Å². The molecule has 1 aromatic rings. The standard InChI is InChI=1S/C17H18ClF3O3S/c18-15-8-13(24-25(22,23)17(19,20)21)1-2-14(15)16-11-4-9-3-10(6-11)7-12(16)5-9/h1-2,8-12,16H,3-7H2. The summed E-state index contributed by atoms with van der Waals surface area (Å²) >= 11 is 6.31. The van der Waals surface area contributed by atoms with Crippen LogP contribution in [0.3, 0.4) is 0 Å². The van der Waals surface area contributed by atoms with E-state index in [9.17, 15) is 21.6 Å². The lowest BCUT2D eigenvalue weighted by Crippen LogP contribution is -2.43. The van der Waals surface area contributed by atoms with Crippen LogP contribution in [0.15, 0.2) is 18.2 Å². The molecule has 0 heterocycles. The molecule has 4 aliphatic carbocycles. The summed E-state index contributed by atoms with van der Waals surface area (Å²) in [6.45, 7) is 0. The van der Waals surface area contributed by atoms with Gasteiger partial charge in [0.05, 0.1) is 0 Å². The Bertz CT molecular complexity index is 763. The van der Waals surface area contributed by atoms with Gasteiger partial charge < -0.3 is 4.18 Å². The van der Waals surface area contributed by atoms with Gasteiger partial charge in [-0.15, -0.1) is 0 Å². The monoisotopic (exact) mass is 394 g/mol. The second kappa shape index (κ2) is 5.78. The van der Waals surface area contributed by atoms with Gasteiger partial charge in [0.1, 0.15) is 5.75 Å². The van der Waals surface area contributed by atoms with Crippen molar-refractivity contribution in [3.05, 3.63) is 28.8 Å². The lowest BCUT2D eigenvalue weighted by atomic mass is 9.51. The van der Waals surface area contributed by atoms with Crippen LogP contribution >= 0.6 is 11.6 Å². The number of rotatable bonds is 3.